The molecule has 4 rings (SSSR count). The summed E-state index contributed by atoms with van der Waals surface area (Å²) in [6, 6.07) is 12.8. The number of carbonyl (C=O) groups is 1. The maximum atomic E-state index is 14.0. The van der Waals surface area contributed by atoms with E-state index in [9.17, 15) is 13.6 Å². The molecule has 6 nitrogen and oxygen atoms in total. The first-order valence-corrected chi connectivity index (χ1v) is 9.04. The van der Waals surface area contributed by atoms with Crippen LogP contribution < -0.4 is 5.32 Å². The molecule has 1 saturated carbocycles. The Labute approximate surface area is 160 Å². The number of hydrogen-bond acceptors (Lipinski definition) is 3. The van der Waals surface area contributed by atoms with Crippen LogP contribution in [0.5, 0.6) is 0 Å². The summed E-state index contributed by atoms with van der Waals surface area (Å²) in [7, 11) is 0. The summed E-state index contributed by atoms with van der Waals surface area (Å²) in [5, 5.41) is 10.7. The molecule has 1 aliphatic rings. The van der Waals surface area contributed by atoms with Gasteiger partial charge < -0.3 is 4.90 Å². The molecular formula is C20H19F2N5O. The Balaban J connectivity index is 1.42. The lowest BCUT2D eigenvalue weighted by Gasteiger charge is -2.22. The quantitative estimate of drug-likeness (QED) is 0.704. The largest absolute Gasteiger partial charge is 0.323 e. The average Bonchev–Trinajstić information content (AvgIpc) is 3.42. The number of urea groups is 1. The lowest BCUT2D eigenvalue weighted by atomic mass is 10.2. The fraction of sp³-hybridized carbons (Fsp3) is 0.250. The predicted octanol–water partition coefficient (Wildman–Crippen LogP) is 3.80. The molecule has 0 aliphatic heterocycles. The normalized spacial score (nSPS) is 13.4. The van der Waals surface area contributed by atoms with Gasteiger partial charge in [0.05, 0.1) is 19.3 Å². The Morgan fingerprint density at radius 1 is 1.18 bits per heavy atom. The van der Waals surface area contributed by atoms with Crippen LogP contribution in [-0.2, 0) is 13.1 Å². The first kappa shape index (κ1) is 18.1. The molecule has 144 valence electrons. The first-order chi connectivity index (χ1) is 13.6. The summed E-state index contributed by atoms with van der Waals surface area (Å²) < 4.78 is 28.7. The first-order valence-electron chi connectivity index (χ1n) is 9.04. The number of amides is 2. The standard InChI is InChI=1S/C20H19F2N5O/c21-16-7-6-15(18(22)10-16)12-27(17-8-9-17)20(28)23-19-13-26(25-24-19)11-14-4-2-1-3-5-14/h1-7,10,13,17H,8-9,11-12H2,(H,23,28). The second-order valence-electron chi connectivity index (χ2n) is 6.81. The number of anilines is 1. The van der Waals surface area contributed by atoms with Crippen LogP contribution in [0, 0.1) is 11.6 Å². The molecule has 2 aromatic carbocycles. The molecule has 2 amide bonds. The van der Waals surface area contributed by atoms with Crippen LogP contribution in [0.2, 0.25) is 0 Å². The van der Waals surface area contributed by atoms with E-state index < -0.39 is 11.6 Å². The van der Waals surface area contributed by atoms with Gasteiger partial charge in [0.1, 0.15) is 11.6 Å². The Bertz CT molecular complexity index is 972. The monoisotopic (exact) mass is 383 g/mol. The molecule has 0 radical (unpaired) electrons. The zero-order chi connectivity index (χ0) is 19.5. The van der Waals surface area contributed by atoms with Gasteiger partial charge in [0, 0.05) is 17.7 Å². The highest BCUT2D eigenvalue weighted by Gasteiger charge is 2.33. The smallest absolute Gasteiger partial charge is 0.317 e. The molecule has 1 fully saturated rings. The summed E-state index contributed by atoms with van der Waals surface area (Å²) >= 11 is 0. The van der Waals surface area contributed by atoms with Crippen LogP contribution in [0.1, 0.15) is 24.0 Å². The molecule has 1 aliphatic carbocycles. The average molecular weight is 383 g/mol. The van der Waals surface area contributed by atoms with Crippen molar-refractivity contribution in [2.45, 2.75) is 32.0 Å². The Morgan fingerprint density at radius 2 is 1.96 bits per heavy atom. The molecule has 0 bridgehead atoms. The summed E-state index contributed by atoms with van der Waals surface area (Å²) in [4.78, 5) is 14.2. The Kier molecular flexibility index (Phi) is 5.01. The van der Waals surface area contributed by atoms with Crippen LogP contribution in [0.3, 0.4) is 0 Å². The van der Waals surface area contributed by atoms with Gasteiger partial charge in [-0.1, -0.05) is 41.6 Å². The van der Waals surface area contributed by atoms with Crippen LogP contribution in [0.4, 0.5) is 19.4 Å². The number of benzene rings is 2. The molecule has 8 heteroatoms. The summed E-state index contributed by atoms with van der Waals surface area (Å²) in [5.41, 5.74) is 1.34. The SMILES string of the molecule is O=C(Nc1cn(Cc2ccccc2)nn1)N(Cc1ccc(F)cc1F)C1CC1. The van der Waals surface area contributed by atoms with E-state index in [-0.39, 0.29) is 24.2 Å². The Morgan fingerprint density at radius 3 is 2.68 bits per heavy atom. The van der Waals surface area contributed by atoms with Crippen molar-refractivity contribution in [1.29, 1.82) is 0 Å². The zero-order valence-electron chi connectivity index (χ0n) is 15.1. The molecule has 1 aromatic heterocycles. The molecule has 0 saturated heterocycles. The van der Waals surface area contributed by atoms with Crippen molar-refractivity contribution in [1.82, 2.24) is 19.9 Å². The highest BCUT2D eigenvalue weighted by molar-refractivity contribution is 5.88. The van der Waals surface area contributed by atoms with Gasteiger partial charge in [-0.15, -0.1) is 5.10 Å². The van der Waals surface area contributed by atoms with E-state index in [0.717, 1.165) is 24.5 Å². The number of aromatic nitrogens is 3. The molecular weight excluding hydrogens is 364 g/mol. The van der Waals surface area contributed by atoms with E-state index in [4.69, 9.17) is 0 Å². The van der Waals surface area contributed by atoms with Crippen molar-refractivity contribution < 1.29 is 13.6 Å². The van der Waals surface area contributed by atoms with Gasteiger partial charge in [-0.05, 0) is 24.5 Å². The molecule has 0 atom stereocenters. The van der Waals surface area contributed by atoms with Crippen LogP contribution in [0.25, 0.3) is 0 Å². The van der Waals surface area contributed by atoms with Crippen molar-refractivity contribution in [3.05, 3.63) is 77.5 Å². The number of hydrogen-bond donors (Lipinski definition) is 1. The van der Waals surface area contributed by atoms with Gasteiger partial charge in [0.2, 0.25) is 0 Å². The van der Waals surface area contributed by atoms with E-state index in [1.807, 2.05) is 30.3 Å². The molecule has 1 heterocycles. The molecule has 1 N–H and O–H groups in total. The maximum absolute atomic E-state index is 14.0. The molecule has 0 spiro atoms. The highest BCUT2D eigenvalue weighted by Crippen LogP contribution is 2.29. The van der Waals surface area contributed by atoms with Crippen LogP contribution >= 0.6 is 0 Å². The maximum Gasteiger partial charge on any atom is 0.323 e. The third-order valence-corrected chi connectivity index (χ3v) is 4.57. The predicted molar refractivity (Wildman–Crippen MR) is 99.5 cm³/mol. The number of halogens is 2. The zero-order valence-corrected chi connectivity index (χ0v) is 15.1. The van der Waals surface area contributed by atoms with Crippen molar-refractivity contribution in [2.75, 3.05) is 5.32 Å². The van der Waals surface area contributed by atoms with Crippen LogP contribution in [0.15, 0.2) is 54.7 Å². The van der Waals surface area contributed by atoms with Crippen molar-refractivity contribution in [2.24, 2.45) is 0 Å². The van der Waals surface area contributed by atoms with E-state index in [1.165, 1.54) is 12.1 Å². The van der Waals surface area contributed by atoms with Gasteiger partial charge in [0.15, 0.2) is 5.82 Å². The number of rotatable bonds is 6. The lowest BCUT2D eigenvalue weighted by molar-refractivity contribution is 0.205. The van der Waals surface area contributed by atoms with E-state index in [2.05, 4.69) is 15.6 Å². The topological polar surface area (TPSA) is 63.1 Å². The van der Waals surface area contributed by atoms with Gasteiger partial charge in [0.25, 0.3) is 0 Å². The summed E-state index contributed by atoms with van der Waals surface area (Å²) in [6.07, 6.45) is 3.36. The van der Waals surface area contributed by atoms with Crippen molar-refractivity contribution >= 4 is 11.8 Å². The number of carbonyl (C=O) groups excluding carboxylic acids is 1. The third-order valence-electron chi connectivity index (χ3n) is 4.57. The summed E-state index contributed by atoms with van der Waals surface area (Å²) in [6.45, 7) is 0.609. The van der Waals surface area contributed by atoms with Crippen molar-refractivity contribution in [3.63, 3.8) is 0 Å². The van der Waals surface area contributed by atoms with Crippen LogP contribution in [-0.4, -0.2) is 32.0 Å². The minimum absolute atomic E-state index is 0.0452. The minimum Gasteiger partial charge on any atom is -0.317 e. The number of nitrogens with zero attached hydrogens (tertiary/aromatic N) is 4. The summed E-state index contributed by atoms with van der Waals surface area (Å²) in [5.74, 6) is -0.975. The van der Waals surface area contributed by atoms with Gasteiger partial charge >= 0.3 is 6.03 Å². The lowest BCUT2D eigenvalue weighted by Crippen LogP contribution is -2.36. The fourth-order valence-electron chi connectivity index (χ4n) is 2.97. The molecule has 3 aromatic rings. The Hall–Kier alpha value is -3.29. The van der Waals surface area contributed by atoms with E-state index in [0.29, 0.717) is 12.4 Å². The number of nitrogens with one attached hydrogen (secondary N) is 1. The minimum atomic E-state index is -0.660. The van der Waals surface area contributed by atoms with Gasteiger partial charge in [-0.25, -0.2) is 18.3 Å². The second kappa shape index (κ2) is 7.75. The second-order valence-corrected chi connectivity index (χ2v) is 6.81. The van der Waals surface area contributed by atoms with Gasteiger partial charge in [-0.3, -0.25) is 5.32 Å². The molecule has 0 unspecified atom stereocenters. The van der Waals surface area contributed by atoms with Gasteiger partial charge in [-0.2, -0.15) is 0 Å². The fourth-order valence-corrected chi connectivity index (χ4v) is 2.97. The third kappa shape index (κ3) is 4.33. The van der Waals surface area contributed by atoms with E-state index >= 15 is 0 Å². The highest BCUT2D eigenvalue weighted by atomic mass is 19.1. The molecule has 28 heavy (non-hydrogen) atoms. The van der Waals surface area contributed by atoms with Crippen molar-refractivity contribution in [3.8, 4) is 0 Å². The van der Waals surface area contributed by atoms with E-state index in [1.54, 1.807) is 15.8 Å².